The average Bonchev–Trinajstić information content (AvgIpc) is 2.67. The molecule has 1 aliphatic heterocycles. The molecule has 8 heteroatoms. The number of benzene rings is 2. The molecule has 0 atom stereocenters. The fraction of sp³-hybridized carbons (Fsp3) is 0.286. The highest BCUT2D eigenvalue weighted by Crippen LogP contribution is 2.40. The SMILES string of the molecule is CCc1cc(=O)oc2c(C)c3c(cc12)CN(c1ccc(C(F)(F)F)cc1Cl)CO3. The van der Waals surface area contributed by atoms with Crippen LogP contribution in [0.1, 0.15) is 29.2 Å². The zero-order valence-electron chi connectivity index (χ0n) is 15.7. The summed E-state index contributed by atoms with van der Waals surface area (Å²) in [5.41, 5.74) is 2.18. The molecule has 0 fully saturated rings. The predicted octanol–water partition coefficient (Wildman–Crippen LogP) is 5.69. The maximum Gasteiger partial charge on any atom is 0.416 e. The van der Waals surface area contributed by atoms with E-state index in [0.717, 1.165) is 34.2 Å². The monoisotopic (exact) mass is 423 g/mol. The van der Waals surface area contributed by atoms with Crippen LogP contribution in [0.15, 0.2) is 39.5 Å². The van der Waals surface area contributed by atoms with Gasteiger partial charge in [0.15, 0.2) is 6.73 Å². The van der Waals surface area contributed by atoms with Gasteiger partial charge in [-0.15, -0.1) is 0 Å². The Balaban J connectivity index is 1.76. The van der Waals surface area contributed by atoms with Gasteiger partial charge in [0, 0.05) is 29.1 Å². The minimum atomic E-state index is -4.45. The van der Waals surface area contributed by atoms with Crippen LogP contribution in [0.5, 0.6) is 5.75 Å². The molecule has 0 saturated carbocycles. The lowest BCUT2D eigenvalue weighted by Gasteiger charge is -2.32. The zero-order chi connectivity index (χ0) is 20.9. The highest BCUT2D eigenvalue weighted by Gasteiger charge is 2.32. The number of halogens is 4. The quantitative estimate of drug-likeness (QED) is 0.496. The van der Waals surface area contributed by atoms with Crippen molar-refractivity contribution in [3.63, 3.8) is 0 Å². The van der Waals surface area contributed by atoms with Gasteiger partial charge in [0.1, 0.15) is 11.3 Å². The Bertz CT molecular complexity index is 1170. The molecular formula is C21H17ClF3NO3. The van der Waals surface area contributed by atoms with Crippen molar-refractivity contribution < 1.29 is 22.3 Å². The summed E-state index contributed by atoms with van der Waals surface area (Å²) in [6, 6.07) is 6.66. The molecule has 0 N–H and O–H groups in total. The van der Waals surface area contributed by atoms with E-state index in [1.54, 1.807) is 4.90 Å². The Labute approximate surface area is 169 Å². The van der Waals surface area contributed by atoms with Crippen LogP contribution in [0.2, 0.25) is 5.02 Å². The predicted molar refractivity (Wildman–Crippen MR) is 105 cm³/mol. The number of rotatable bonds is 2. The van der Waals surface area contributed by atoms with E-state index >= 15 is 0 Å². The van der Waals surface area contributed by atoms with Gasteiger partial charge in [0.2, 0.25) is 0 Å². The molecule has 2 aromatic carbocycles. The van der Waals surface area contributed by atoms with E-state index in [-0.39, 0.29) is 11.8 Å². The normalized spacial score (nSPS) is 14.1. The van der Waals surface area contributed by atoms with Gasteiger partial charge in [-0.1, -0.05) is 18.5 Å². The number of anilines is 1. The molecule has 0 aliphatic carbocycles. The first kappa shape index (κ1) is 19.6. The van der Waals surface area contributed by atoms with Crippen LogP contribution < -0.4 is 15.3 Å². The first-order valence-electron chi connectivity index (χ1n) is 9.02. The minimum absolute atomic E-state index is 0.00429. The molecule has 1 aromatic heterocycles. The molecule has 1 aliphatic rings. The molecule has 4 rings (SSSR count). The lowest BCUT2D eigenvalue weighted by molar-refractivity contribution is -0.137. The lowest BCUT2D eigenvalue weighted by atomic mass is 9.99. The van der Waals surface area contributed by atoms with Crippen LogP contribution in [0.3, 0.4) is 0 Å². The number of aryl methyl sites for hydroxylation is 2. The molecular weight excluding hydrogens is 407 g/mol. The van der Waals surface area contributed by atoms with Crippen molar-refractivity contribution >= 4 is 28.3 Å². The van der Waals surface area contributed by atoms with E-state index in [0.29, 0.717) is 30.0 Å². The fourth-order valence-electron chi connectivity index (χ4n) is 3.67. The lowest BCUT2D eigenvalue weighted by Crippen LogP contribution is -2.32. The van der Waals surface area contributed by atoms with Crippen LogP contribution in [0, 0.1) is 6.92 Å². The Morgan fingerprint density at radius 1 is 1.21 bits per heavy atom. The maximum atomic E-state index is 12.9. The van der Waals surface area contributed by atoms with Gasteiger partial charge < -0.3 is 14.1 Å². The molecule has 0 saturated heterocycles. The summed E-state index contributed by atoms with van der Waals surface area (Å²) in [6.45, 7) is 4.29. The number of ether oxygens (including phenoxy) is 1. The van der Waals surface area contributed by atoms with Crippen LogP contribution in [-0.4, -0.2) is 6.73 Å². The molecule has 152 valence electrons. The molecule has 4 nitrogen and oxygen atoms in total. The number of hydrogen-bond donors (Lipinski definition) is 0. The first-order valence-corrected chi connectivity index (χ1v) is 9.40. The second kappa shape index (κ2) is 6.99. The van der Waals surface area contributed by atoms with E-state index in [1.165, 1.54) is 12.1 Å². The van der Waals surface area contributed by atoms with E-state index in [2.05, 4.69) is 0 Å². The number of hydrogen-bond acceptors (Lipinski definition) is 4. The van der Waals surface area contributed by atoms with Crippen LogP contribution in [0.4, 0.5) is 18.9 Å². The van der Waals surface area contributed by atoms with E-state index in [9.17, 15) is 18.0 Å². The molecule has 0 unspecified atom stereocenters. The summed E-state index contributed by atoms with van der Waals surface area (Å²) in [5.74, 6) is 0.619. The van der Waals surface area contributed by atoms with Crippen LogP contribution in [0.25, 0.3) is 11.0 Å². The molecule has 0 amide bonds. The molecule has 2 heterocycles. The Morgan fingerprint density at radius 2 is 1.97 bits per heavy atom. The summed E-state index contributed by atoms with van der Waals surface area (Å²) in [4.78, 5) is 13.6. The zero-order valence-corrected chi connectivity index (χ0v) is 16.4. The Kier molecular flexibility index (Phi) is 4.73. The summed E-state index contributed by atoms with van der Waals surface area (Å²) in [5, 5.41) is 0.831. The van der Waals surface area contributed by atoms with Crippen molar-refractivity contribution in [1.82, 2.24) is 0 Å². The first-order chi connectivity index (χ1) is 13.7. The van der Waals surface area contributed by atoms with Gasteiger partial charge in [-0.2, -0.15) is 13.2 Å². The smallest absolute Gasteiger partial charge is 0.416 e. The van der Waals surface area contributed by atoms with Gasteiger partial charge in [-0.05, 0) is 43.2 Å². The number of fused-ring (bicyclic) bond motifs is 2. The van der Waals surface area contributed by atoms with Crippen LogP contribution >= 0.6 is 11.6 Å². The van der Waals surface area contributed by atoms with Gasteiger partial charge in [-0.25, -0.2) is 4.79 Å². The highest BCUT2D eigenvalue weighted by atomic mass is 35.5. The second-order valence-corrected chi connectivity index (χ2v) is 7.35. The number of alkyl halides is 3. The summed E-state index contributed by atoms with van der Waals surface area (Å²) >= 11 is 6.14. The third-order valence-corrected chi connectivity index (χ3v) is 5.40. The van der Waals surface area contributed by atoms with E-state index < -0.39 is 17.4 Å². The van der Waals surface area contributed by atoms with Crippen molar-refractivity contribution in [2.45, 2.75) is 33.0 Å². The summed E-state index contributed by atoms with van der Waals surface area (Å²) in [7, 11) is 0. The van der Waals surface area contributed by atoms with Crippen molar-refractivity contribution in [2.24, 2.45) is 0 Å². The maximum absolute atomic E-state index is 12.9. The Morgan fingerprint density at radius 3 is 2.62 bits per heavy atom. The van der Waals surface area contributed by atoms with Crippen molar-refractivity contribution in [3.05, 3.63) is 68.0 Å². The van der Waals surface area contributed by atoms with Crippen molar-refractivity contribution in [3.8, 4) is 5.75 Å². The number of nitrogens with zero attached hydrogens (tertiary/aromatic N) is 1. The van der Waals surface area contributed by atoms with Crippen molar-refractivity contribution in [2.75, 3.05) is 11.6 Å². The van der Waals surface area contributed by atoms with E-state index in [4.69, 9.17) is 20.8 Å². The molecule has 0 spiro atoms. The summed E-state index contributed by atoms with van der Waals surface area (Å²) in [6.07, 6.45) is -3.79. The van der Waals surface area contributed by atoms with Crippen molar-refractivity contribution in [1.29, 1.82) is 0 Å². The van der Waals surface area contributed by atoms with Gasteiger partial charge in [0.05, 0.1) is 16.3 Å². The molecule has 0 bridgehead atoms. The minimum Gasteiger partial charge on any atom is -0.472 e. The van der Waals surface area contributed by atoms with Gasteiger partial charge in [0.25, 0.3) is 0 Å². The standard InChI is InChI=1S/C21H17ClF3NO3/c1-3-12-7-18(27)29-20-11(2)19-13(6-15(12)20)9-26(10-28-19)17-5-4-14(8-16(17)22)21(23,24)25/h4-8H,3,9-10H2,1-2H3. The molecule has 0 radical (unpaired) electrons. The topological polar surface area (TPSA) is 42.7 Å². The third kappa shape index (κ3) is 3.44. The summed E-state index contributed by atoms with van der Waals surface area (Å²) < 4.78 is 50.0. The Hall–Kier alpha value is -2.67. The molecule has 3 aromatic rings. The average molecular weight is 424 g/mol. The molecule has 29 heavy (non-hydrogen) atoms. The van der Waals surface area contributed by atoms with Gasteiger partial charge in [-0.3, -0.25) is 0 Å². The third-order valence-electron chi connectivity index (χ3n) is 5.10. The largest absolute Gasteiger partial charge is 0.472 e. The van der Waals surface area contributed by atoms with Gasteiger partial charge >= 0.3 is 11.8 Å². The van der Waals surface area contributed by atoms with Crippen LogP contribution in [-0.2, 0) is 19.1 Å². The highest BCUT2D eigenvalue weighted by molar-refractivity contribution is 6.33. The second-order valence-electron chi connectivity index (χ2n) is 6.95. The fourth-order valence-corrected chi connectivity index (χ4v) is 3.97. The van der Waals surface area contributed by atoms with E-state index in [1.807, 2.05) is 19.9 Å².